The predicted molar refractivity (Wildman–Crippen MR) is 71.1 cm³/mol. The minimum Gasteiger partial charge on any atom is -0.383 e. The molecule has 2 atom stereocenters. The molecule has 17 heavy (non-hydrogen) atoms. The van der Waals surface area contributed by atoms with E-state index >= 15 is 0 Å². The Kier molecular flexibility index (Phi) is 3.22. The summed E-state index contributed by atoms with van der Waals surface area (Å²) in [6.45, 7) is 9.56. The Morgan fingerprint density at radius 3 is 2.59 bits per heavy atom. The van der Waals surface area contributed by atoms with Crippen molar-refractivity contribution in [2.45, 2.75) is 46.6 Å². The van der Waals surface area contributed by atoms with Crippen molar-refractivity contribution in [3.8, 4) is 0 Å². The summed E-state index contributed by atoms with van der Waals surface area (Å²) in [6, 6.07) is 0.533. The van der Waals surface area contributed by atoms with Crippen LogP contribution >= 0.6 is 0 Å². The van der Waals surface area contributed by atoms with E-state index in [1.165, 1.54) is 12.8 Å². The molecule has 0 radical (unpaired) electrons. The van der Waals surface area contributed by atoms with Crippen LogP contribution in [0.25, 0.3) is 0 Å². The van der Waals surface area contributed by atoms with Crippen LogP contribution in [0.1, 0.15) is 38.1 Å². The number of rotatable bonds is 1. The Hall–Kier alpha value is -1.32. The van der Waals surface area contributed by atoms with Gasteiger partial charge in [-0.2, -0.15) is 0 Å². The monoisotopic (exact) mass is 234 g/mol. The lowest BCUT2D eigenvalue weighted by molar-refractivity contribution is 0.375. The van der Waals surface area contributed by atoms with Gasteiger partial charge < -0.3 is 10.6 Å². The molecule has 1 aromatic rings. The fourth-order valence-electron chi connectivity index (χ4n) is 2.64. The van der Waals surface area contributed by atoms with Crippen LogP contribution in [-0.4, -0.2) is 22.6 Å². The van der Waals surface area contributed by atoms with Gasteiger partial charge in [0.15, 0.2) is 0 Å². The third-order valence-electron chi connectivity index (χ3n) is 3.68. The molecule has 94 valence electrons. The molecule has 1 saturated heterocycles. The zero-order valence-corrected chi connectivity index (χ0v) is 11.2. The third kappa shape index (κ3) is 2.35. The topological polar surface area (TPSA) is 55.0 Å². The van der Waals surface area contributed by atoms with E-state index in [0.717, 1.165) is 29.7 Å². The Labute approximate surface area is 103 Å². The van der Waals surface area contributed by atoms with E-state index in [4.69, 9.17) is 5.73 Å². The molecule has 2 rings (SSSR count). The molecule has 0 spiro atoms. The fraction of sp³-hybridized carbons (Fsp3) is 0.692. The molecule has 4 nitrogen and oxygen atoms in total. The van der Waals surface area contributed by atoms with Crippen molar-refractivity contribution in [2.75, 3.05) is 17.2 Å². The number of piperidine rings is 1. The zero-order chi connectivity index (χ0) is 12.6. The van der Waals surface area contributed by atoms with Crippen molar-refractivity contribution in [3.05, 3.63) is 11.4 Å². The van der Waals surface area contributed by atoms with E-state index in [1.807, 2.05) is 13.8 Å². The van der Waals surface area contributed by atoms with Crippen molar-refractivity contribution < 1.29 is 0 Å². The predicted octanol–water partition coefficient (Wildman–Crippen LogP) is 2.30. The lowest BCUT2D eigenvalue weighted by Gasteiger charge is -2.38. The lowest BCUT2D eigenvalue weighted by atomic mass is 9.93. The van der Waals surface area contributed by atoms with E-state index in [0.29, 0.717) is 11.9 Å². The first kappa shape index (κ1) is 12.1. The first-order valence-electron chi connectivity index (χ1n) is 6.36. The summed E-state index contributed by atoms with van der Waals surface area (Å²) in [5.74, 6) is 3.20. The van der Waals surface area contributed by atoms with Gasteiger partial charge in [-0.1, -0.05) is 6.92 Å². The highest BCUT2D eigenvalue weighted by atomic mass is 15.2. The van der Waals surface area contributed by atoms with Crippen LogP contribution in [0, 0.1) is 19.8 Å². The molecule has 0 saturated carbocycles. The van der Waals surface area contributed by atoms with Crippen molar-refractivity contribution >= 4 is 11.6 Å². The molecule has 2 heterocycles. The van der Waals surface area contributed by atoms with Crippen LogP contribution in [0.2, 0.25) is 0 Å². The Bertz CT molecular complexity index is 416. The number of hydrogen-bond acceptors (Lipinski definition) is 4. The number of anilines is 2. The summed E-state index contributed by atoms with van der Waals surface area (Å²) in [7, 11) is 0. The Morgan fingerprint density at radius 2 is 1.94 bits per heavy atom. The number of nitrogens with zero attached hydrogens (tertiary/aromatic N) is 3. The minimum atomic E-state index is 0.533. The van der Waals surface area contributed by atoms with Gasteiger partial charge >= 0.3 is 0 Å². The van der Waals surface area contributed by atoms with Crippen LogP contribution in [0.3, 0.4) is 0 Å². The van der Waals surface area contributed by atoms with E-state index in [2.05, 4.69) is 28.7 Å². The van der Waals surface area contributed by atoms with Crippen LogP contribution < -0.4 is 10.6 Å². The second kappa shape index (κ2) is 4.51. The molecule has 0 aromatic carbocycles. The number of nitrogens with two attached hydrogens (primary N) is 1. The number of aromatic nitrogens is 2. The molecule has 2 unspecified atom stereocenters. The van der Waals surface area contributed by atoms with Gasteiger partial charge in [0.05, 0.1) is 0 Å². The average molecular weight is 234 g/mol. The fourth-order valence-corrected chi connectivity index (χ4v) is 2.64. The Morgan fingerprint density at radius 1 is 1.24 bits per heavy atom. The van der Waals surface area contributed by atoms with Crippen LogP contribution in [0.15, 0.2) is 0 Å². The van der Waals surface area contributed by atoms with Gasteiger partial charge in [-0.3, -0.25) is 0 Å². The van der Waals surface area contributed by atoms with Gasteiger partial charge in [0, 0.05) is 18.2 Å². The van der Waals surface area contributed by atoms with E-state index < -0.39 is 0 Å². The molecule has 0 aliphatic carbocycles. The second-order valence-corrected chi connectivity index (χ2v) is 5.28. The highest BCUT2D eigenvalue weighted by Crippen LogP contribution is 2.30. The van der Waals surface area contributed by atoms with Crippen LogP contribution in [-0.2, 0) is 0 Å². The molecule has 2 N–H and O–H groups in total. The number of nitrogen functional groups attached to an aromatic ring is 1. The largest absolute Gasteiger partial charge is 0.383 e. The first-order valence-corrected chi connectivity index (χ1v) is 6.36. The number of aryl methyl sites for hydroxylation is 1. The highest BCUT2D eigenvalue weighted by Gasteiger charge is 2.25. The lowest BCUT2D eigenvalue weighted by Crippen LogP contribution is -2.41. The van der Waals surface area contributed by atoms with Gasteiger partial charge in [-0.25, -0.2) is 9.97 Å². The van der Waals surface area contributed by atoms with E-state index in [1.54, 1.807) is 0 Å². The van der Waals surface area contributed by atoms with Crippen molar-refractivity contribution in [3.63, 3.8) is 0 Å². The molecule has 0 amide bonds. The smallest absolute Gasteiger partial charge is 0.137 e. The summed E-state index contributed by atoms with van der Waals surface area (Å²) in [5.41, 5.74) is 6.93. The normalized spacial score (nSPS) is 25.1. The summed E-state index contributed by atoms with van der Waals surface area (Å²) < 4.78 is 0. The van der Waals surface area contributed by atoms with Gasteiger partial charge in [0.25, 0.3) is 0 Å². The van der Waals surface area contributed by atoms with Crippen molar-refractivity contribution in [1.29, 1.82) is 0 Å². The van der Waals surface area contributed by atoms with E-state index in [-0.39, 0.29) is 0 Å². The second-order valence-electron chi connectivity index (χ2n) is 5.28. The third-order valence-corrected chi connectivity index (χ3v) is 3.68. The quantitative estimate of drug-likeness (QED) is 0.810. The first-order chi connectivity index (χ1) is 7.99. The average Bonchev–Trinajstić information content (AvgIpc) is 2.24. The SMILES string of the molecule is Cc1nc(N)c(C)c(N2CCC(C)CC2C)n1. The molecule has 0 bridgehead atoms. The van der Waals surface area contributed by atoms with Crippen molar-refractivity contribution in [2.24, 2.45) is 5.92 Å². The minimum absolute atomic E-state index is 0.533. The highest BCUT2D eigenvalue weighted by molar-refractivity contribution is 5.57. The molecule has 1 aromatic heterocycles. The van der Waals surface area contributed by atoms with Gasteiger partial charge in [-0.05, 0) is 39.5 Å². The molecule has 4 heteroatoms. The maximum Gasteiger partial charge on any atom is 0.137 e. The van der Waals surface area contributed by atoms with Gasteiger partial charge in [0.1, 0.15) is 17.5 Å². The molecule has 1 fully saturated rings. The van der Waals surface area contributed by atoms with Crippen molar-refractivity contribution in [1.82, 2.24) is 9.97 Å². The molecule has 1 aliphatic heterocycles. The summed E-state index contributed by atoms with van der Waals surface area (Å²) in [4.78, 5) is 11.2. The Balaban J connectivity index is 2.33. The van der Waals surface area contributed by atoms with Crippen LogP contribution in [0.4, 0.5) is 11.6 Å². The van der Waals surface area contributed by atoms with Gasteiger partial charge in [-0.15, -0.1) is 0 Å². The maximum atomic E-state index is 5.92. The van der Waals surface area contributed by atoms with E-state index in [9.17, 15) is 0 Å². The zero-order valence-electron chi connectivity index (χ0n) is 11.2. The summed E-state index contributed by atoms with van der Waals surface area (Å²) in [5, 5.41) is 0. The standard InChI is InChI=1S/C13H22N4/c1-8-5-6-17(9(2)7-8)13-10(3)12(14)15-11(4)16-13/h8-9H,5-7H2,1-4H3,(H2,14,15,16). The number of hydrogen-bond donors (Lipinski definition) is 1. The van der Waals surface area contributed by atoms with Crippen LogP contribution in [0.5, 0.6) is 0 Å². The molecule has 1 aliphatic rings. The van der Waals surface area contributed by atoms with Gasteiger partial charge in [0.2, 0.25) is 0 Å². The summed E-state index contributed by atoms with van der Waals surface area (Å²) >= 11 is 0. The maximum absolute atomic E-state index is 5.92. The molecular formula is C13H22N4. The summed E-state index contributed by atoms with van der Waals surface area (Å²) in [6.07, 6.45) is 2.45. The molecular weight excluding hydrogens is 212 g/mol.